The van der Waals surface area contributed by atoms with Crippen LogP contribution in [0.2, 0.25) is 0 Å². The number of amides is 1. The van der Waals surface area contributed by atoms with Crippen molar-refractivity contribution in [1.29, 1.82) is 0 Å². The highest BCUT2D eigenvalue weighted by Crippen LogP contribution is 2.25. The van der Waals surface area contributed by atoms with Gasteiger partial charge in [-0.1, -0.05) is 33.1 Å². The van der Waals surface area contributed by atoms with Gasteiger partial charge in [0.15, 0.2) is 0 Å². The number of rotatable bonds is 7. The molecule has 100 valence electrons. The molecule has 1 aliphatic carbocycles. The van der Waals surface area contributed by atoms with Crippen molar-refractivity contribution < 1.29 is 4.79 Å². The Labute approximate surface area is 106 Å². The van der Waals surface area contributed by atoms with Crippen LogP contribution in [0.15, 0.2) is 0 Å². The van der Waals surface area contributed by atoms with Gasteiger partial charge in [-0.15, -0.1) is 0 Å². The smallest absolute Gasteiger partial charge is 0.223 e. The van der Waals surface area contributed by atoms with Crippen molar-refractivity contribution in [3.05, 3.63) is 0 Å². The Morgan fingerprint density at radius 3 is 2.47 bits per heavy atom. The Morgan fingerprint density at radius 2 is 1.94 bits per heavy atom. The zero-order chi connectivity index (χ0) is 12.7. The molecular weight excluding hydrogens is 212 g/mol. The number of nitrogens with two attached hydrogens (primary N) is 1. The summed E-state index contributed by atoms with van der Waals surface area (Å²) in [5.74, 6) is 0.978. The molecule has 0 radical (unpaired) electrons. The molecule has 0 aromatic heterocycles. The zero-order valence-electron chi connectivity index (χ0n) is 11.4. The van der Waals surface area contributed by atoms with Gasteiger partial charge in [0.05, 0.1) is 0 Å². The van der Waals surface area contributed by atoms with Gasteiger partial charge >= 0.3 is 0 Å². The Hall–Kier alpha value is -0.570. The fourth-order valence-electron chi connectivity index (χ4n) is 2.91. The predicted octanol–water partition coefficient (Wildman–Crippen LogP) is 2.45. The van der Waals surface area contributed by atoms with Gasteiger partial charge in [-0.3, -0.25) is 4.79 Å². The summed E-state index contributed by atoms with van der Waals surface area (Å²) in [6, 6.07) is 0.337. The highest BCUT2D eigenvalue weighted by Gasteiger charge is 2.29. The Kier molecular flexibility index (Phi) is 6.56. The highest BCUT2D eigenvalue weighted by atomic mass is 16.1. The second kappa shape index (κ2) is 7.70. The molecule has 0 aromatic rings. The standard InChI is InChI=1S/C14H28N2O/c1-3-6-11(7-4-2)14(17)16-13-9-5-8-12(13)10-15/h11-13H,3-10,15H2,1-2H3,(H,16,17). The van der Waals surface area contributed by atoms with Gasteiger partial charge in [0.25, 0.3) is 0 Å². The van der Waals surface area contributed by atoms with E-state index in [0.29, 0.717) is 18.5 Å². The minimum Gasteiger partial charge on any atom is -0.353 e. The number of nitrogens with one attached hydrogen (secondary N) is 1. The van der Waals surface area contributed by atoms with Crippen LogP contribution in [-0.2, 0) is 4.79 Å². The van der Waals surface area contributed by atoms with E-state index in [-0.39, 0.29) is 11.8 Å². The first kappa shape index (κ1) is 14.5. The Morgan fingerprint density at radius 1 is 1.29 bits per heavy atom. The van der Waals surface area contributed by atoms with Gasteiger partial charge in [-0.25, -0.2) is 0 Å². The summed E-state index contributed by atoms with van der Waals surface area (Å²) < 4.78 is 0. The minimum absolute atomic E-state index is 0.212. The minimum atomic E-state index is 0.212. The molecule has 3 heteroatoms. The van der Waals surface area contributed by atoms with E-state index < -0.39 is 0 Å². The van der Waals surface area contributed by atoms with Crippen LogP contribution in [-0.4, -0.2) is 18.5 Å². The van der Waals surface area contributed by atoms with Crippen molar-refractivity contribution in [3.8, 4) is 0 Å². The van der Waals surface area contributed by atoms with Gasteiger partial charge in [-0.05, 0) is 38.1 Å². The molecule has 3 N–H and O–H groups in total. The highest BCUT2D eigenvalue weighted by molar-refractivity contribution is 5.79. The molecule has 0 aliphatic heterocycles. The summed E-state index contributed by atoms with van der Waals surface area (Å²) in [6.45, 7) is 5.00. The van der Waals surface area contributed by atoms with Crippen molar-refractivity contribution in [2.45, 2.75) is 64.8 Å². The second-order valence-corrected chi connectivity index (χ2v) is 5.32. The van der Waals surface area contributed by atoms with E-state index in [1.807, 2.05) is 0 Å². The van der Waals surface area contributed by atoms with Crippen molar-refractivity contribution >= 4 is 5.91 Å². The van der Waals surface area contributed by atoms with E-state index >= 15 is 0 Å². The van der Waals surface area contributed by atoms with Gasteiger partial charge < -0.3 is 11.1 Å². The predicted molar refractivity (Wildman–Crippen MR) is 71.6 cm³/mol. The maximum atomic E-state index is 12.2. The molecule has 0 aromatic carbocycles. The molecule has 0 saturated heterocycles. The number of hydrogen-bond acceptors (Lipinski definition) is 2. The molecule has 1 aliphatic rings. The summed E-state index contributed by atoms with van der Waals surface area (Å²) in [4.78, 5) is 12.2. The molecule has 1 rings (SSSR count). The SMILES string of the molecule is CCCC(CCC)C(=O)NC1CCCC1CN. The third kappa shape index (κ3) is 4.30. The summed E-state index contributed by atoms with van der Waals surface area (Å²) >= 11 is 0. The fraction of sp³-hybridized carbons (Fsp3) is 0.929. The maximum Gasteiger partial charge on any atom is 0.223 e. The monoisotopic (exact) mass is 240 g/mol. The molecule has 2 unspecified atom stereocenters. The van der Waals surface area contributed by atoms with Crippen LogP contribution in [0.3, 0.4) is 0 Å². The van der Waals surface area contributed by atoms with Crippen LogP contribution in [0.1, 0.15) is 58.8 Å². The first-order valence-corrected chi connectivity index (χ1v) is 7.23. The van der Waals surface area contributed by atoms with E-state index in [1.165, 1.54) is 12.8 Å². The van der Waals surface area contributed by atoms with Crippen molar-refractivity contribution in [2.75, 3.05) is 6.54 Å². The van der Waals surface area contributed by atoms with Crippen molar-refractivity contribution in [1.82, 2.24) is 5.32 Å². The lowest BCUT2D eigenvalue weighted by Crippen LogP contribution is -2.42. The van der Waals surface area contributed by atoms with E-state index in [4.69, 9.17) is 5.73 Å². The number of carbonyl (C=O) groups excluding carboxylic acids is 1. The lowest BCUT2D eigenvalue weighted by atomic mass is 9.96. The van der Waals surface area contributed by atoms with Crippen LogP contribution in [0.4, 0.5) is 0 Å². The fourth-order valence-corrected chi connectivity index (χ4v) is 2.91. The summed E-state index contributed by atoms with van der Waals surface area (Å²) in [6.07, 6.45) is 7.69. The zero-order valence-corrected chi connectivity index (χ0v) is 11.4. The van der Waals surface area contributed by atoms with Crippen LogP contribution in [0.25, 0.3) is 0 Å². The molecule has 1 fully saturated rings. The molecule has 17 heavy (non-hydrogen) atoms. The van der Waals surface area contributed by atoms with Gasteiger partial charge in [0.1, 0.15) is 0 Å². The topological polar surface area (TPSA) is 55.1 Å². The number of hydrogen-bond donors (Lipinski definition) is 2. The van der Waals surface area contributed by atoms with Gasteiger partial charge in [-0.2, -0.15) is 0 Å². The lowest BCUT2D eigenvalue weighted by molar-refractivity contribution is -0.126. The Bertz CT molecular complexity index is 224. The molecule has 0 bridgehead atoms. The number of carbonyl (C=O) groups is 1. The van der Waals surface area contributed by atoms with Crippen molar-refractivity contribution in [2.24, 2.45) is 17.6 Å². The molecule has 1 amide bonds. The van der Waals surface area contributed by atoms with Gasteiger partial charge in [0.2, 0.25) is 5.91 Å². The molecule has 3 nitrogen and oxygen atoms in total. The van der Waals surface area contributed by atoms with E-state index in [0.717, 1.165) is 32.1 Å². The van der Waals surface area contributed by atoms with E-state index in [2.05, 4.69) is 19.2 Å². The third-order valence-corrected chi connectivity index (χ3v) is 3.93. The second-order valence-electron chi connectivity index (χ2n) is 5.32. The third-order valence-electron chi connectivity index (χ3n) is 3.93. The molecule has 2 atom stereocenters. The first-order chi connectivity index (χ1) is 8.22. The Balaban J connectivity index is 2.44. The van der Waals surface area contributed by atoms with E-state index in [1.54, 1.807) is 0 Å². The first-order valence-electron chi connectivity index (χ1n) is 7.23. The van der Waals surface area contributed by atoms with Crippen LogP contribution in [0, 0.1) is 11.8 Å². The van der Waals surface area contributed by atoms with Gasteiger partial charge in [0, 0.05) is 12.0 Å². The summed E-state index contributed by atoms with van der Waals surface area (Å²) in [5.41, 5.74) is 5.74. The average Bonchev–Trinajstić information content (AvgIpc) is 2.76. The lowest BCUT2D eigenvalue weighted by Gasteiger charge is -2.23. The maximum absolute atomic E-state index is 12.2. The molecule has 0 spiro atoms. The van der Waals surface area contributed by atoms with Crippen LogP contribution < -0.4 is 11.1 Å². The quantitative estimate of drug-likeness (QED) is 0.718. The molecule has 1 saturated carbocycles. The largest absolute Gasteiger partial charge is 0.353 e. The van der Waals surface area contributed by atoms with Crippen LogP contribution in [0.5, 0.6) is 0 Å². The normalized spacial score (nSPS) is 24.2. The van der Waals surface area contributed by atoms with E-state index in [9.17, 15) is 4.79 Å². The summed E-state index contributed by atoms with van der Waals surface area (Å²) in [7, 11) is 0. The van der Waals surface area contributed by atoms with Crippen LogP contribution >= 0.6 is 0 Å². The average molecular weight is 240 g/mol. The summed E-state index contributed by atoms with van der Waals surface area (Å²) in [5, 5.41) is 3.23. The molecule has 0 heterocycles. The van der Waals surface area contributed by atoms with Crippen molar-refractivity contribution in [3.63, 3.8) is 0 Å². The molecular formula is C14H28N2O.